The van der Waals surface area contributed by atoms with Crippen LogP contribution in [0.25, 0.3) is 11.3 Å². The van der Waals surface area contributed by atoms with Crippen LogP contribution in [0.2, 0.25) is 10.0 Å². The van der Waals surface area contributed by atoms with Crippen molar-refractivity contribution in [2.24, 2.45) is 0 Å². The van der Waals surface area contributed by atoms with E-state index in [1.165, 1.54) is 12.1 Å². The van der Waals surface area contributed by atoms with Gasteiger partial charge in [0.2, 0.25) is 0 Å². The number of aromatic nitrogens is 2. The summed E-state index contributed by atoms with van der Waals surface area (Å²) in [6.45, 7) is 3.28. The van der Waals surface area contributed by atoms with Gasteiger partial charge in [-0.1, -0.05) is 41.4 Å². The first kappa shape index (κ1) is 19.9. The molecule has 1 aromatic heterocycles. The summed E-state index contributed by atoms with van der Waals surface area (Å²) in [6, 6.07) is 13.5. The molecule has 1 N–H and O–H groups in total. The molecule has 0 spiro atoms. The number of rotatable bonds is 4. The SMILES string of the molecule is O=C(c1cc(-c2ccc(Cl)cc2)n[nH]1)N1CCN(Cc2ccc(F)cc2Cl)CC1. The monoisotopic (exact) mass is 432 g/mol. The lowest BCUT2D eigenvalue weighted by Gasteiger charge is -2.34. The minimum atomic E-state index is -0.341. The number of nitrogens with one attached hydrogen (secondary N) is 1. The standard InChI is InChI=1S/C21H19Cl2FN4O/c22-16-4-1-14(2-5-16)19-12-20(26-25-19)21(29)28-9-7-27(8-10-28)13-15-3-6-17(24)11-18(15)23/h1-6,11-12H,7-10,13H2,(H,25,26). The molecule has 8 heteroatoms. The largest absolute Gasteiger partial charge is 0.335 e. The molecule has 150 valence electrons. The fourth-order valence-electron chi connectivity index (χ4n) is 3.37. The molecule has 1 fully saturated rings. The van der Waals surface area contributed by atoms with Gasteiger partial charge in [-0.2, -0.15) is 5.10 Å². The van der Waals surface area contributed by atoms with E-state index in [4.69, 9.17) is 23.2 Å². The van der Waals surface area contributed by atoms with Crippen LogP contribution in [0.15, 0.2) is 48.5 Å². The Balaban J connectivity index is 1.36. The number of H-pyrrole nitrogens is 1. The Labute approximate surface area is 178 Å². The van der Waals surface area contributed by atoms with Crippen LogP contribution in [0.1, 0.15) is 16.1 Å². The first-order chi connectivity index (χ1) is 14.0. The average Bonchev–Trinajstić information content (AvgIpc) is 3.21. The van der Waals surface area contributed by atoms with Crippen molar-refractivity contribution in [1.82, 2.24) is 20.0 Å². The first-order valence-electron chi connectivity index (χ1n) is 9.26. The zero-order chi connectivity index (χ0) is 20.4. The molecule has 5 nitrogen and oxygen atoms in total. The van der Waals surface area contributed by atoms with Gasteiger partial charge in [-0.25, -0.2) is 4.39 Å². The van der Waals surface area contributed by atoms with Crippen LogP contribution in [-0.4, -0.2) is 52.1 Å². The summed E-state index contributed by atoms with van der Waals surface area (Å²) in [4.78, 5) is 16.8. The van der Waals surface area contributed by atoms with E-state index < -0.39 is 0 Å². The molecule has 1 amide bonds. The predicted molar refractivity (Wildman–Crippen MR) is 112 cm³/mol. The number of amides is 1. The molecule has 1 aliphatic heterocycles. The van der Waals surface area contributed by atoms with Crippen molar-refractivity contribution in [3.8, 4) is 11.3 Å². The van der Waals surface area contributed by atoms with E-state index in [2.05, 4.69) is 15.1 Å². The van der Waals surface area contributed by atoms with Gasteiger partial charge in [0.05, 0.1) is 5.69 Å². The van der Waals surface area contributed by atoms with Gasteiger partial charge in [0.25, 0.3) is 5.91 Å². The summed E-state index contributed by atoms with van der Waals surface area (Å²) in [5.74, 6) is -0.413. The highest BCUT2D eigenvalue weighted by Gasteiger charge is 2.24. The number of carbonyl (C=O) groups excluding carboxylic acids is 1. The van der Waals surface area contributed by atoms with E-state index in [1.54, 1.807) is 24.3 Å². The van der Waals surface area contributed by atoms with Crippen molar-refractivity contribution < 1.29 is 9.18 Å². The highest BCUT2D eigenvalue weighted by atomic mass is 35.5. The van der Waals surface area contributed by atoms with E-state index in [1.807, 2.05) is 17.0 Å². The van der Waals surface area contributed by atoms with Gasteiger partial charge >= 0.3 is 0 Å². The molecular weight excluding hydrogens is 414 g/mol. The van der Waals surface area contributed by atoms with Gasteiger partial charge in [-0.05, 0) is 35.9 Å². The highest BCUT2D eigenvalue weighted by molar-refractivity contribution is 6.31. The smallest absolute Gasteiger partial charge is 0.271 e. The van der Waals surface area contributed by atoms with Gasteiger partial charge in [0, 0.05) is 48.3 Å². The van der Waals surface area contributed by atoms with E-state index in [9.17, 15) is 9.18 Å². The average molecular weight is 433 g/mol. The minimum Gasteiger partial charge on any atom is -0.335 e. The number of carbonyl (C=O) groups is 1. The molecule has 0 radical (unpaired) electrons. The Morgan fingerprint density at radius 1 is 1.03 bits per heavy atom. The van der Waals surface area contributed by atoms with Gasteiger partial charge < -0.3 is 4.90 Å². The van der Waals surface area contributed by atoms with Crippen molar-refractivity contribution in [2.75, 3.05) is 26.2 Å². The maximum absolute atomic E-state index is 13.2. The maximum atomic E-state index is 13.2. The van der Waals surface area contributed by atoms with Crippen LogP contribution in [0.4, 0.5) is 4.39 Å². The van der Waals surface area contributed by atoms with E-state index in [0.717, 1.165) is 24.2 Å². The van der Waals surface area contributed by atoms with Crippen LogP contribution >= 0.6 is 23.2 Å². The maximum Gasteiger partial charge on any atom is 0.271 e. The van der Waals surface area contributed by atoms with Gasteiger partial charge in [-0.3, -0.25) is 14.8 Å². The molecule has 0 aliphatic carbocycles. The lowest BCUT2D eigenvalue weighted by Crippen LogP contribution is -2.48. The van der Waals surface area contributed by atoms with E-state index in [-0.39, 0.29) is 11.7 Å². The summed E-state index contributed by atoms with van der Waals surface area (Å²) in [6.07, 6.45) is 0. The quantitative estimate of drug-likeness (QED) is 0.660. The summed E-state index contributed by atoms with van der Waals surface area (Å²) in [7, 11) is 0. The molecule has 2 heterocycles. The molecule has 1 saturated heterocycles. The van der Waals surface area contributed by atoms with Crippen molar-refractivity contribution in [3.63, 3.8) is 0 Å². The Hall–Kier alpha value is -2.41. The molecule has 0 saturated carbocycles. The van der Waals surface area contributed by atoms with E-state index in [0.29, 0.717) is 41.1 Å². The second-order valence-electron chi connectivity index (χ2n) is 6.98. The lowest BCUT2D eigenvalue weighted by atomic mass is 10.1. The number of hydrogen-bond donors (Lipinski definition) is 1. The Morgan fingerprint density at radius 2 is 1.76 bits per heavy atom. The van der Waals surface area contributed by atoms with Crippen LogP contribution in [0, 0.1) is 5.82 Å². The third-order valence-corrected chi connectivity index (χ3v) is 5.62. The number of aromatic amines is 1. The van der Waals surface area contributed by atoms with Crippen molar-refractivity contribution in [1.29, 1.82) is 0 Å². The highest BCUT2D eigenvalue weighted by Crippen LogP contribution is 2.22. The number of piperazine rings is 1. The number of hydrogen-bond acceptors (Lipinski definition) is 3. The Morgan fingerprint density at radius 3 is 2.45 bits per heavy atom. The van der Waals surface area contributed by atoms with Gasteiger partial charge in [-0.15, -0.1) is 0 Å². The van der Waals surface area contributed by atoms with Crippen molar-refractivity contribution in [2.45, 2.75) is 6.54 Å². The van der Waals surface area contributed by atoms with Crippen molar-refractivity contribution in [3.05, 3.63) is 75.7 Å². The lowest BCUT2D eigenvalue weighted by molar-refractivity contribution is 0.0622. The fourth-order valence-corrected chi connectivity index (χ4v) is 3.72. The number of halogens is 3. The third-order valence-electron chi connectivity index (χ3n) is 5.02. The molecule has 4 rings (SSSR count). The first-order valence-corrected chi connectivity index (χ1v) is 10.0. The zero-order valence-electron chi connectivity index (χ0n) is 15.5. The van der Waals surface area contributed by atoms with Crippen LogP contribution in [0.5, 0.6) is 0 Å². The Kier molecular flexibility index (Phi) is 5.85. The van der Waals surface area contributed by atoms with Gasteiger partial charge in [0.15, 0.2) is 0 Å². The predicted octanol–water partition coefficient (Wildman–Crippen LogP) is 4.48. The van der Waals surface area contributed by atoms with Crippen LogP contribution < -0.4 is 0 Å². The molecule has 2 aromatic carbocycles. The molecule has 0 unspecified atom stereocenters. The summed E-state index contributed by atoms with van der Waals surface area (Å²) >= 11 is 12.0. The second-order valence-corrected chi connectivity index (χ2v) is 7.82. The normalized spacial score (nSPS) is 14.9. The molecule has 3 aromatic rings. The molecule has 0 bridgehead atoms. The second kappa shape index (κ2) is 8.53. The number of benzene rings is 2. The van der Waals surface area contributed by atoms with Gasteiger partial charge in [0.1, 0.15) is 11.5 Å². The molecule has 0 atom stereocenters. The van der Waals surface area contributed by atoms with Crippen LogP contribution in [0.3, 0.4) is 0 Å². The summed E-state index contributed by atoms with van der Waals surface area (Å²) in [5.41, 5.74) is 2.94. The third kappa shape index (κ3) is 4.61. The topological polar surface area (TPSA) is 52.2 Å². The fraction of sp³-hybridized carbons (Fsp3) is 0.238. The van der Waals surface area contributed by atoms with Crippen molar-refractivity contribution >= 4 is 29.1 Å². The van der Waals surface area contributed by atoms with E-state index >= 15 is 0 Å². The summed E-state index contributed by atoms with van der Waals surface area (Å²) < 4.78 is 13.2. The minimum absolute atomic E-state index is 0.0721. The molecular formula is C21H19Cl2FN4O. The Bertz CT molecular complexity index is 1010. The number of nitrogens with zero attached hydrogens (tertiary/aromatic N) is 3. The summed E-state index contributed by atoms with van der Waals surface area (Å²) in [5, 5.41) is 8.17. The molecule has 1 aliphatic rings. The zero-order valence-corrected chi connectivity index (χ0v) is 17.0. The molecule has 29 heavy (non-hydrogen) atoms. The van der Waals surface area contributed by atoms with Crippen LogP contribution in [-0.2, 0) is 6.54 Å².